The predicted octanol–water partition coefficient (Wildman–Crippen LogP) is 2.83. The number of anilines is 1. The summed E-state index contributed by atoms with van der Waals surface area (Å²) in [5.74, 6) is -0.238. The lowest BCUT2D eigenvalue weighted by Crippen LogP contribution is -2.14. The molecule has 5 nitrogen and oxygen atoms in total. The van der Waals surface area contributed by atoms with Crippen LogP contribution in [0.1, 0.15) is 21.7 Å². The van der Waals surface area contributed by atoms with E-state index in [4.69, 9.17) is 0 Å². The molecule has 0 bridgehead atoms. The number of carbonyl (C=O) groups is 1. The lowest BCUT2D eigenvalue weighted by Gasteiger charge is -2.05. The lowest BCUT2D eigenvalue weighted by molar-refractivity contribution is 0.102. The predicted molar refractivity (Wildman–Crippen MR) is 77.8 cm³/mol. The summed E-state index contributed by atoms with van der Waals surface area (Å²) in [6.07, 6.45) is 1.69. The summed E-state index contributed by atoms with van der Waals surface area (Å²) in [6.45, 7) is 3.84. The van der Waals surface area contributed by atoms with Gasteiger partial charge in [0.15, 0.2) is 5.69 Å². The molecular weight excluding hydrogens is 252 g/mol. The van der Waals surface area contributed by atoms with Crippen LogP contribution in [0.3, 0.4) is 0 Å². The molecule has 3 rings (SSSR count). The van der Waals surface area contributed by atoms with Crippen LogP contribution in [-0.2, 0) is 0 Å². The Hall–Kier alpha value is -2.69. The van der Waals surface area contributed by atoms with Crippen LogP contribution in [0.4, 0.5) is 5.69 Å². The third-order valence-electron chi connectivity index (χ3n) is 3.19. The van der Waals surface area contributed by atoms with Gasteiger partial charge in [0.05, 0.1) is 16.9 Å². The van der Waals surface area contributed by atoms with Gasteiger partial charge >= 0.3 is 0 Å². The van der Waals surface area contributed by atoms with Crippen LogP contribution >= 0.6 is 0 Å². The number of benzene rings is 1. The van der Waals surface area contributed by atoms with Crippen molar-refractivity contribution in [2.24, 2.45) is 0 Å². The molecule has 0 unspecified atom stereocenters. The first kappa shape index (κ1) is 12.3. The highest BCUT2D eigenvalue weighted by Crippen LogP contribution is 2.19. The van der Waals surface area contributed by atoms with Gasteiger partial charge in [-0.25, -0.2) is 0 Å². The molecule has 0 saturated carbocycles. The minimum Gasteiger partial charge on any atom is -0.319 e. The van der Waals surface area contributed by atoms with Crippen molar-refractivity contribution in [2.45, 2.75) is 13.8 Å². The quantitative estimate of drug-likeness (QED) is 0.749. The highest BCUT2D eigenvalue weighted by atomic mass is 16.1. The Morgan fingerprint density at radius 1 is 1.25 bits per heavy atom. The second kappa shape index (κ2) is 4.77. The number of H-pyrrole nitrogens is 1. The van der Waals surface area contributed by atoms with E-state index in [0.717, 1.165) is 22.2 Å². The summed E-state index contributed by atoms with van der Waals surface area (Å²) < 4.78 is 0. The second-order valence-corrected chi connectivity index (χ2v) is 4.71. The van der Waals surface area contributed by atoms with Gasteiger partial charge in [-0.15, -0.1) is 0 Å². The zero-order valence-electron chi connectivity index (χ0n) is 11.3. The number of aromatic nitrogens is 3. The number of rotatable bonds is 2. The Kier molecular flexibility index (Phi) is 2.95. The molecule has 0 fully saturated rings. The van der Waals surface area contributed by atoms with Crippen LogP contribution < -0.4 is 5.32 Å². The fraction of sp³-hybridized carbons (Fsp3) is 0.133. The van der Waals surface area contributed by atoms with Gasteiger partial charge in [-0.3, -0.25) is 14.9 Å². The van der Waals surface area contributed by atoms with Crippen LogP contribution in [0.2, 0.25) is 0 Å². The number of pyridine rings is 1. The van der Waals surface area contributed by atoms with Crippen molar-refractivity contribution in [3.05, 3.63) is 53.5 Å². The van der Waals surface area contributed by atoms with Crippen LogP contribution in [0, 0.1) is 13.8 Å². The summed E-state index contributed by atoms with van der Waals surface area (Å²) in [4.78, 5) is 16.5. The van der Waals surface area contributed by atoms with Crippen molar-refractivity contribution in [2.75, 3.05) is 5.32 Å². The van der Waals surface area contributed by atoms with E-state index < -0.39 is 0 Å². The van der Waals surface area contributed by atoms with E-state index in [1.807, 2.05) is 38.1 Å². The Morgan fingerprint density at radius 3 is 2.90 bits per heavy atom. The van der Waals surface area contributed by atoms with Crippen molar-refractivity contribution >= 4 is 22.5 Å². The maximum Gasteiger partial charge on any atom is 0.276 e. The summed E-state index contributed by atoms with van der Waals surface area (Å²) >= 11 is 0. The standard InChI is InChI=1S/C15H14N4O/c1-9-5-6-13-11(8-9)14(19-18-13)15(20)17-12-4-3-7-16-10(12)2/h3-8H,1-2H3,(H,17,20)(H,18,19). The zero-order valence-corrected chi connectivity index (χ0v) is 11.3. The van der Waals surface area contributed by atoms with Crippen LogP contribution in [0.5, 0.6) is 0 Å². The van der Waals surface area contributed by atoms with Gasteiger partial charge < -0.3 is 5.32 Å². The van der Waals surface area contributed by atoms with Crippen molar-refractivity contribution in [3.63, 3.8) is 0 Å². The molecule has 0 spiro atoms. The Bertz CT molecular complexity index is 791. The minimum absolute atomic E-state index is 0.238. The Labute approximate surface area is 116 Å². The van der Waals surface area contributed by atoms with E-state index in [1.54, 1.807) is 12.3 Å². The number of carbonyl (C=O) groups excluding carboxylic acids is 1. The van der Waals surface area contributed by atoms with Gasteiger partial charge in [-0.1, -0.05) is 11.6 Å². The highest BCUT2D eigenvalue weighted by molar-refractivity contribution is 6.11. The molecule has 0 saturated heterocycles. The van der Waals surface area contributed by atoms with E-state index in [1.165, 1.54) is 0 Å². The molecule has 0 aliphatic heterocycles. The van der Waals surface area contributed by atoms with Crippen LogP contribution in [0.25, 0.3) is 10.9 Å². The molecule has 2 N–H and O–H groups in total. The molecule has 5 heteroatoms. The van der Waals surface area contributed by atoms with E-state index in [9.17, 15) is 4.79 Å². The maximum atomic E-state index is 12.3. The van der Waals surface area contributed by atoms with E-state index in [0.29, 0.717) is 11.4 Å². The van der Waals surface area contributed by atoms with Gasteiger partial charge in [0.2, 0.25) is 0 Å². The zero-order chi connectivity index (χ0) is 14.1. The molecule has 100 valence electrons. The molecule has 2 aromatic heterocycles. The minimum atomic E-state index is -0.238. The molecule has 1 amide bonds. The number of nitrogens with one attached hydrogen (secondary N) is 2. The maximum absolute atomic E-state index is 12.3. The first-order chi connectivity index (χ1) is 9.65. The van der Waals surface area contributed by atoms with E-state index in [-0.39, 0.29) is 5.91 Å². The fourth-order valence-corrected chi connectivity index (χ4v) is 2.10. The molecular formula is C15H14N4O. The third kappa shape index (κ3) is 2.14. The van der Waals surface area contributed by atoms with Gasteiger partial charge in [0, 0.05) is 11.6 Å². The molecule has 0 radical (unpaired) electrons. The smallest absolute Gasteiger partial charge is 0.276 e. The molecule has 1 aromatic carbocycles. The highest BCUT2D eigenvalue weighted by Gasteiger charge is 2.15. The number of fused-ring (bicyclic) bond motifs is 1. The van der Waals surface area contributed by atoms with Gasteiger partial charge in [0.25, 0.3) is 5.91 Å². The molecule has 0 aliphatic carbocycles. The molecule has 0 atom stereocenters. The molecule has 20 heavy (non-hydrogen) atoms. The summed E-state index contributed by atoms with van der Waals surface area (Å²) in [7, 11) is 0. The number of aryl methyl sites for hydroxylation is 2. The molecule has 3 aromatic rings. The van der Waals surface area contributed by atoms with Crippen molar-refractivity contribution in [1.82, 2.24) is 15.2 Å². The summed E-state index contributed by atoms with van der Waals surface area (Å²) in [6, 6.07) is 9.46. The van der Waals surface area contributed by atoms with Crippen LogP contribution in [-0.4, -0.2) is 21.1 Å². The van der Waals surface area contributed by atoms with Crippen LogP contribution in [0.15, 0.2) is 36.5 Å². The number of amides is 1. The third-order valence-corrected chi connectivity index (χ3v) is 3.19. The van der Waals surface area contributed by atoms with Crippen molar-refractivity contribution < 1.29 is 4.79 Å². The largest absolute Gasteiger partial charge is 0.319 e. The Balaban J connectivity index is 1.97. The summed E-state index contributed by atoms with van der Waals surface area (Å²) in [5, 5.41) is 10.6. The van der Waals surface area contributed by atoms with Crippen molar-refractivity contribution in [1.29, 1.82) is 0 Å². The average Bonchev–Trinajstić information content (AvgIpc) is 2.84. The molecule has 0 aliphatic rings. The number of aromatic amines is 1. The van der Waals surface area contributed by atoms with E-state index >= 15 is 0 Å². The number of hydrogen-bond donors (Lipinski definition) is 2. The second-order valence-electron chi connectivity index (χ2n) is 4.71. The first-order valence-corrected chi connectivity index (χ1v) is 6.33. The van der Waals surface area contributed by atoms with Crippen molar-refractivity contribution in [3.8, 4) is 0 Å². The summed E-state index contributed by atoms with van der Waals surface area (Å²) in [5.41, 5.74) is 3.80. The SMILES string of the molecule is Cc1ccc2[nH]nc(C(=O)Nc3cccnc3C)c2c1. The lowest BCUT2D eigenvalue weighted by atomic mass is 10.1. The monoisotopic (exact) mass is 266 g/mol. The number of hydrogen-bond acceptors (Lipinski definition) is 3. The van der Waals surface area contributed by atoms with Gasteiger partial charge in [-0.2, -0.15) is 5.10 Å². The average molecular weight is 266 g/mol. The topological polar surface area (TPSA) is 70.7 Å². The Morgan fingerprint density at radius 2 is 2.10 bits per heavy atom. The van der Waals surface area contributed by atoms with Gasteiger partial charge in [-0.05, 0) is 38.1 Å². The van der Waals surface area contributed by atoms with E-state index in [2.05, 4.69) is 20.5 Å². The first-order valence-electron chi connectivity index (χ1n) is 6.33. The number of nitrogens with zero attached hydrogens (tertiary/aromatic N) is 2. The fourth-order valence-electron chi connectivity index (χ4n) is 2.10. The normalized spacial score (nSPS) is 10.7. The molecule has 2 heterocycles. The van der Waals surface area contributed by atoms with Gasteiger partial charge in [0.1, 0.15) is 0 Å².